The van der Waals surface area contributed by atoms with Crippen molar-refractivity contribution in [3.05, 3.63) is 64.7 Å². The largest absolute Gasteiger partial charge is 0.308 e. The van der Waals surface area contributed by atoms with E-state index in [1.807, 2.05) is 18.2 Å². The molecule has 1 heterocycles. The van der Waals surface area contributed by atoms with E-state index in [0.717, 1.165) is 5.69 Å². The van der Waals surface area contributed by atoms with Gasteiger partial charge in [0.15, 0.2) is 0 Å². The van der Waals surface area contributed by atoms with Crippen LogP contribution in [0.1, 0.15) is 17.3 Å². The van der Waals surface area contributed by atoms with E-state index < -0.39 is 0 Å². The normalized spacial score (nSPS) is 12.4. The Balaban J connectivity index is 2.42. The molecule has 0 saturated carbocycles. The maximum absolute atomic E-state index is 13.8. The zero-order valence-corrected chi connectivity index (χ0v) is 10.1. The van der Waals surface area contributed by atoms with Gasteiger partial charge in [0, 0.05) is 16.8 Å². The van der Waals surface area contributed by atoms with E-state index in [-0.39, 0.29) is 11.9 Å². The fourth-order valence-corrected chi connectivity index (χ4v) is 1.90. The molecule has 0 radical (unpaired) electrons. The van der Waals surface area contributed by atoms with Crippen LogP contribution in [-0.4, -0.2) is 12.0 Å². The Labute approximate surface area is 104 Å². The third-order valence-electron chi connectivity index (χ3n) is 2.55. The Morgan fingerprint density at radius 1 is 1.29 bits per heavy atom. The lowest BCUT2D eigenvalue weighted by Gasteiger charge is -2.16. The molecule has 1 aromatic heterocycles. The van der Waals surface area contributed by atoms with Gasteiger partial charge in [-0.25, -0.2) is 4.39 Å². The van der Waals surface area contributed by atoms with Gasteiger partial charge in [-0.15, -0.1) is 0 Å². The maximum atomic E-state index is 13.8. The van der Waals surface area contributed by atoms with Gasteiger partial charge in [-0.2, -0.15) is 0 Å². The van der Waals surface area contributed by atoms with Crippen molar-refractivity contribution in [2.24, 2.45) is 0 Å². The van der Waals surface area contributed by atoms with Crippen LogP contribution < -0.4 is 5.32 Å². The molecule has 1 aromatic carbocycles. The molecule has 0 aliphatic carbocycles. The molecule has 1 atom stereocenters. The monoisotopic (exact) mass is 250 g/mol. The van der Waals surface area contributed by atoms with Gasteiger partial charge in [-0.1, -0.05) is 23.7 Å². The van der Waals surface area contributed by atoms with E-state index in [9.17, 15) is 4.39 Å². The first-order valence-electron chi connectivity index (χ1n) is 5.25. The second-order valence-electron chi connectivity index (χ2n) is 3.64. The molecular formula is C13H12ClFN2. The third kappa shape index (κ3) is 2.62. The van der Waals surface area contributed by atoms with Crippen molar-refractivity contribution >= 4 is 11.6 Å². The first-order valence-corrected chi connectivity index (χ1v) is 5.63. The molecule has 0 spiro atoms. The van der Waals surface area contributed by atoms with Crippen LogP contribution in [0.15, 0.2) is 42.6 Å². The third-order valence-corrected chi connectivity index (χ3v) is 2.78. The van der Waals surface area contributed by atoms with Crippen LogP contribution in [-0.2, 0) is 0 Å². The van der Waals surface area contributed by atoms with Gasteiger partial charge in [-0.3, -0.25) is 4.98 Å². The summed E-state index contributed by atoms with van der Waals surface area (Å²) >= 11 is 5.73. The number of nitrogens with one attached hydrogen (secondary N) is 1. The van der Waals surface area contributed by atoms with Gasteiger partial charge in [0.05, 0.1) is 11.7 Å². The van der Waals surface area contributed by atoms with E-state index in [1.54, 1.807) is 25.4 Å². The highest BCUT2D eigenvalue weighted by molar-refractivity contribution is 6.30. The molecule has 2 rings (SSSR count). The highest BCUT2D eigenvalue weighted by atomic mass is 35.5. The number of halogens is 2. The van der Waals surface area contributed by atoms with Crippen molar-refractivity contribution in [3.63, 3.8) is 0 Å². The SMILES string of the molecule is CNC(c1ccccn1)c1ccc(Cl)cc1F. The lowest BCUT2D eigenvalue weighted by molar-refractivity contribution is 0.570. The quantitative estimate of drug-likeness (QED) is 0.905. The van der Waals surface area contributed by atoms with Crippen LogP contribution in [0.5, 0.6) is 0 Å². The van der Waals surface area contributed by atoms with Crippen LogP contribution in [0.4, 0.5) is 4.39 Å². The zero-order chi connectivity index (χ0) is 12.3. The average Bonchev–Trinajstić information content (AvgIpc) is 2.34. The van der Waals surface area contributed by atoms with Crippen molar-refractivity contribution in [2.45, 2.75) is 6.04 Å². The van der Waals surface area contributed by atoms with Crippen molar-refractivity contribution in [1.29, 1.82) is 0 Å². The molecule has 0 fully saturated rings. The zero-order valence-electron chi connectivity index (χ0n) is 9.32. The summed E-state index contributed by atoms with van der Waals surface area (Å²) in [6.07, 6.45) is 1.69. The number of pyridine rings is 1. The van der Waals surface area contributed by atoms with Crippen LogP contribution in [0.3, 0.4) is 0 Å². The number of hydrogen-bond acceptors (Lipinski definition) is 2. The second kappa shape index (κ2) is 5.25. The van der Waals surface area contributed by atoms with Gasteiger partial charge in [0.25, 0.3) is 0 Å². The molecular weight excluding hydrogens is 239 g/mol. The molecule has 0 aliphatic rings. The van der Waals surface area contributed by atoms with Gasteiger partial charge in [-0.05, 0) is 31.3 Å². The average molecular weight is 251 g/mol. The van der Waals surface area contributed by atoms with Crippen LogP contribution in [0.25, 0.3) is 0 Å². The standard InChI is InChI=1S/C13H12ClFN2/c1-16-13(12-4-2-3-7-17-12)10-6-5-9(14)8-11(10)15/h2-8,13,16H,1H3. The summed E-state index contributed by atoms with van der Waals surface area (Å²) in [5.74, 6) is -0.331. The molecule has 0 amide bonds. The Morgan fingerprint density at radius 3 is 2.71 bits per heavy atom. The first kappa shape index (κ1) is 12.0. The first-order chi connectivity index (χ1) is 8.22. The van der Waals surface area contributed by atoms with Crippen molar-refractivity contribution in [1.82, 2.24) is 10.3 Å². The molecule has 88 valence electrons. The minimum absolute atomic E-state index is 0.270. The summed E-state index contributed by atoms with van der Waals surface area (Å²) in [6, 6.07) is 9.95. The fraction of sp³-hybridized carbons (Fsp3) is 0.154. The lowest BCUT2D eigenvalue weighted by Crippen LogP contribution is -2.19. The lowest BCUT2D eigenvalue weighted by atomic mass is 10.0. The Morgan fingerprint density at radius 2 is 2.12 bits per heavy atom. The number of rotatable bonds is 3. The number of hydrogen-bond donors (Lipinski definition) is 1. The fourth-order valence-electron chi connectivity index (χ4n) is 1.75. The van der Waals surface area contributed by atoms with Crippen molar-refractivity contribution in [3.8, 4) is 0 Å². The van der Waals surface area contributed by atoms with Crippen LogP contribution in [0, 0.1) is 5.82 Å². The van der Waals surface area contributed by atoms with Gasteiger partial charge >= 0.3 is 0 Å². The summed E-state index contributed by atoms with van der Waals surface area (Å²) < 4.78 is 13.8. The van der Waals surface area contributed by atoms with E-state index in [0.29, 0.717) is 10.6 Å². The number of aromatic nitrogens is 1. The smallest absolute Gasteiger partial charge is 0.129 e. The molecule has 2 nitrogen and oxygen atoms in total. The van der Waals surface area contributed by atoms with Gasteiger partial charge < -0.3 is 5.32 Å². The molecule has 2 aromatic rings. The highest BCUT2D eigenvalue weighted by Gasteiger charge is 2.16. The topological polar surface area (TPSA) is 24.9 Å². The summed E-state index contributed by atoms with van der Waals surface area (Å²) in [5.41, 5.74) is 1.31. The number of benzene rings is 1. The van der Waals surface area contributed by atoms with E-state index in [1.165, 1.54) is 6.07 Å². The van der Waals surface area contributed by atoms with E-state index in [4.69, 9.17) is 11.6 Å². The van der Waals surface area contributed by atoms with Gasteiger partial charge in [0.1, 0.15) is 5.82 Å². The van der Waals surface area contributed by atoms with Crippen molar-refractivity contribution < 1.29 is 4.39 Å². The molecule has 17 heavy (non-hydrogen) atoms. The molecule has 0 bridgehead atoms. The van der Waals surface area contributed by atoms with Gasteiger partial charge in [0.2, 0.25) is 0 Å². The second-order valence-corrected chi connectivity index (χ2v) is 4.08. The minimum atomic E-state index is -0.331. The summed E-state index contributed by atoms with van der Waals surface area (Å²) in [6.45, 7) is 0. The Hall–Kier alpha value is -1.45. The summed E-state index contributed by atoms with van der Waals surface area (Å²) in [4.78, 5) is 4.23. The molecule has 1 unspecified atom stereocenters. The highest BCUT2D eigenvalue weighted by Crippen LogP contribution is 2.24. The van der Waals surface area contributed by atoms with E-state index in [2.05, 4.69) is 10.3 Å². The molecule has 4 heteroatoms. The minimum Gasteiger partial charge on any atom is -0.308 e. The number of nitrogens with zero attached hydrogens (tertiary/aromatic N) is 1. The molecule has 0 saturated heterocycles. The predicted octanol–water partition coefficient (Wildman–Crippen LogP) is 3.18. The van der Waals surface area contributed by atoms with Crippen LogP contribution >= 0.6 is 11.6 Å². The Kier molecular flexibility index (Phi) is 3.71. The van der Waals surface area contributed by atoms with Crippen molar-refractivity contribution in [2.75, 3.05) is 7.05 Å². The summed E-state index contributed by atoms with van der Waals surface area (Å²) in [7, 11) is 1.77. The van der Waals surface area contributed by atoms with E-state index >= 15 is 0 Å². The Bertz CT molecular complexity index is 502. The maximum Gasteiger partial charge on any atom is 0.129 e. The molecule has 0 aliphatic heterocycles. The van der Waals surface area contributed by atoms with Crippen LogP contribution in [0.2, 0.25) is 5.02 Å². The molecule has 1 N–H and O–H groups in total. The summed E-state index contributed by atoms with van der Waals surface area (Å²) in [5, 5.41) is 3.44. The predicted molar refractivity (Wildman–Crippen MR) is 66.5 cm³/mol.